The minimum Gasteiger partial charge on any atom is -0.384 e. The Morgan fingerprint density at radius 3 is 2.62 bits per heavy atom. The second-order valence-electron chi connectivity index (χ2n) is 3.47. The maximum Gasteiger partial charge on any atom is 0.0979 e. The summed E-state index contributed by atoms with van der Waals surface area (Å²) in [5.41, 5.74) is 1.08. The van der Waals surface area contributed by atoms with Gasteiger partial charge in [-0.1, -0.05) is 24.3 Å². The largest absolute Gasteiger partial charge is 0.384 e. The Morgan fingerprint density at radius 1 is 1.46 bits per heavy atom. The topological polar surface area (TPSA) is 20.2 Å². The predicted molar refractivity (Wildman–Crippen MR) is 54.2 cm³/mol. The van der Waals surface area contributed by atoms with Gasteiger partial charge in [-0.25, -0.2) is 0 Å². The Hall–Kier alpha value is -1.26. The number of hydrogen-bond donors (Lipinski definition) is 1. The zero-order chi connectivity index (χ0) is 9.90. The summed E-state index contributed by atoms with van der Waals surface area (Å²) in [6.07, 6.45) is 5.54. The van der Waals surface area contributed by atoms with Crippen molar-refractivity contribution in [2.45, 2.75) is 25.9 Å². The van der Waals surface area contributed by atoms with Crippen molar-refractivity contribution < 1.29 is 5.11 Å². The molecule has 0 fully saturated rings. The van der Waals surface area contributed by atoms with Gasteiger partial charge in [0.1, 0.15) is 0 Å². The first-order valence-electron chi connectivity index (χ1n) is 4.30. The molecule has 0 aromatic heterocycles. The van der Waals surface area contributed by atoms with Crippen LogP contribution < -0.4 is 0 Å². The van der Waals surface area contributed by atoms with Crippen molar-refractivity contribution in [3.63, 3.8) is 0 Å². The van der Waals surface area contributed by atoms with Crippen molar-refractivity contribution in [1.82, 2.24) is 0 Å². The minimum atomic E-state index is -0.903. The molecule has 0 radical (unpaired) electrons. The Balaban J connectivity index is 3.08. The molecule has 1 N–H and O–H groups in total. The molecule has 0 amide bonds. The molecular weight excluding hydrogens is 160 g/mol. The van der Waals surface area contributed by atoms with Crippen LogP contribution in [0.15, 0.2) is 24.3 Å². The molecule has 0 spiro atoms. The van der Waals surface area contributed by atoms with Crippen molar-refractivity contribution >= 4 is 0 Å². The van der Waals surface area contributed by atoms with Crippen molar-refractivity contribution in [2.75, 3.05) is 0 Å². The summed E-state index contributed by atoms with van der Waals surface area (Å²) >= 11 is 0. The highest BCUT2D eigenvalue weighted by Gasteiger charge is 2.22. The second kappa shape index (κ2) is 3.64. The van der Waals surface area contributed by atoms with Crippen LogP contribution in [0.25, 0.3) is 0 Å². The molecule has 0 unspecified atom stereocenters. The summed E-state index contributed by atoms with van der Waals surface area (Å²) in [5, 5.41) is 10.0. The number of aryl methyl sites for hydroxylation is 1. The molecule has 0 aliphatic heterocycles. The average molecular weight is 174 g/mol. The maximum absolute atomic E-state index is 10.0. The minimum absolute atomic E-state index is 0.345. The smallest absolute Gasteiger partial charge is 0.0979 e. The van der Waals surface area contributed by atoms with Crippen LogP contribution >= 0.6 is 0 Å². The first-order chi connectivity index (χ1) is 6.08. The molecule has 0 heterocycles. The monoisotopic (exact) mass is 174 g/mol. The number of terminal acetylenes is 1. The van der Waals surface area contributed by atoms with Crippen LogP contribution in [0.4, 0.5) is 0 Å². The number of benzene rings is 1. The van der Waals surface area contributed by atoms with E-state index in [2.05, 4.69) is 5.92 Å². The maximum atomic E-state index is 10.0. The van der Waals surface area contributed by atoms with Gasteiger partial charge in [-0.3, -0.25) is 0 Å². The van der Waals surface area contributed by atoms with Gasteiger partial charge >= 0.3 is 0 Å². The molecule has 1 rings (SSSR count). The zero-order valence-corrected chi connectivity index (χ0v) is 8.04. The summed E-state index contributed by atoms with van der Waals surface area (Å²) in [6.45, 7) is 3.72. The third-order valence-electron chi connectivity index (χ3n) is 2.17. The highest BCUT2D eigenvalue weighted by Crippen LogP contribution is 2.26. The standard InChI is InChI=1S/C12H14O/c1-4-9-12(3,13)11-8-6-5-7-10(11)2/h1,5-8,13H,9H2,2-3H3/t12-/m1/s1. The van der Waals surface area contributed by atoms with Gasteiger partial charge in [-0.2, -0.15) is 0 Å². The highest BCUT2D eigenvalue weighted by atomic mass is 16.3. The van der Waals surface area contributed by atoms with Crippen molar-refractivity contribution in [3.8, 4) is 12.3 Å². The molecule has 1 nitrogen and oxygen atoms in total. The van der Waals surface area contributed by atoms with Gasteiger partial charge < -0.3 is 5.11 Å². The van der Waals surface area contributed by atoms with E-state index in [1.807, 2.05) is 31.2 Å². The van der Waals surface area contributed by atoms with Crippen LogP contribution in [0.1, 0.15) is 24.5 Å². The first kappa shape index (κ1) is 9.83. The lowest BCUT2D eigenvalue weighted by molar-refractivity contribution is 0.0623. The molecule has 1 aromatic carbocycles. The van der Waals surface area contributed by atoms with Crippen LogP contribution in [0, 0.1) is 19.3 Å². The first-order valence-corrected chi connectivity index (χ1v) is 4.30. The van der Waals surface area contributed by atoms with E-state index in [9.17, 15) is 5.11 Å². The van der Waals surface area contributed by atoms with E-state index < -0.39 is 5.60 Å². The van der Waals surface area contributed by atoms with E-state index >= 15 is 0 Å². The van der Waals surface area contributed by atoms with E-state index in [1.54, 1.807) is 6.92 Å². The molecule has 13 heavy (non-hydrogen) atoms. The van der Waals surface area contributed by atoms with Crippen LogP contribution in [-0.2, 0) is 5.60 Å². The Morgan fingerprint density at radius 2 is 2.08 bits per heavy atom. The lowest BCUT2D eigenvalue weighted by Crippen LogP contribution is -2.21. The van der Waals surface area contributed by atoms with E-state index in [0.717, 1.165) is 11.1 Å². The summed E-state index contributed by atoms with van der Waals surface area (Å²) in [5.74, 6) is 2.48. The summed E-state index contributed by atoms with van der Waals surface area (Å²) in [6, 6.07) is 7.74. The van der Waals surface area contributed by atoms with Gasteiger partial charge in [0.05, 0.1) is 5.60 Å². The van der Waals surface area contributed by atoms with E-state index in [1.165, 1.54) is 0 Å². The summed E-state index contributed by atoms with van der Waals surface area (Å²) in [7, 11) is 0. The van der Waals surface area contributed by atoms with Crippen molar-refractivity contribution in [3.05, 3.63) is 35.4 Å². The Labute approximate surface area is 79.4 Å². The normalized spacial score (nSPS) is 14.6. The molecular formula is C12H14O. The zero-order valence-electron chi connectivity index (χ0n) is 8.04. The van der Waals surface area contributed by atoms with Crippen LogP contribution in [0.2, 0.25) is 0 Å². The summed E-state index contributed by atoms with van der Waals surface area (Å²) in [4.78, 5) is 0. The van der Waals surface area contributed by atoms with Crippen LogP contribution in [-0.4, -0.2) is 5.11 Å². The van der Waals surface area contributed by atoms with Crippen LogP contribution in [0.3, 0.4) is 0 Å². The quantitative estimate of drug-likeness (QED) is 0.682. The predicted octanol–water partition coefficient (Wildman–Crippen LogP) is 2.23. The van der Waals surface area contributed by atoms with Gasteiger partial charge in [-0.05, 0) is 25.0 Å². The Kier molecular flexibility index (Phi) is 2.75. The third-order valence-corrected chi connectivity index (χ3v) is 2.17. The lowest BCUT2D eigenvalue weighted by Gasteiger charge is -2.23. The SMILES string of the molecule is C#CC[C@@](C)(O)c1ccccc1C. The van der Waals surface area contributed by atoms with E-state index in [0.29, 0.717) is 6.42 Å². The van der Waals surface area contributed by atoms with Crippen molar-refractivity contribution in [1.29, 1.82) is 0 Å². The number of hydrogen-bond acceptors (Lipinski definition) is 1. The highest BCUT2D eigenvalue weighted by molar-refractivity contribution is 5.31. The molecule has 0 bridgehead atoms. The van der Waals surface area contributed by atoms with E-state index in [4.69, 9.17) is 6.42 Å². The van der Waals surface area contributed by atoms with Gasteiger partial charge in [0.15, 0.2) is 0 Å². The van der Waals surface area contributed by atoms with Gasteiger partial charge in [0.2, 0.25) is 0 Å². The fraction of sp³-hybridized carbons (Fsp3) is 0.333. The fourth-order valence-corrected chi connectivity index (χ4v) is 1.47. The average Bonchev–Trinajstić information content (AvgIpc) is 2.04. The molecule has 0 saturated carbocycles. The molecule has 1 aromatic rings. The van der Waals surface area contributed by atoms with Gasteiger partial charge in [-0.15, -0.1) is 12.3 Å². The second-order valence-corrected chi connectivity index (χ2v) is 3.47. The van der Waals surface area contributed by atoms with Crippen molar-refractivity contribution in [2.24, 2.45) is 0 Å². The third kappa shape index (κ3) is 2.11. The van der Waals surface area contributed by atoms with Gasteiger partial charge in [0.25, 0.3) is 0 Å². The summed E-state index contributed by atoms with van der Waals surface area (Å²) < 4.78 is 0. The molecule has 0 aliphatic carbocycles. The van der Waals surface area contributed by atoms with Crippen LogP contribution in [0.5, 0.6) is 0 Å². The molecule has 68 valence electrons. The molecule has 1 atom stereocenters. The van der Waals surface area contributed by atoms with Gasteiger partial charge in [0, 0.05) is 6.42 Å². The fourth-order valence-electron chi connectivity index (χ4n) is 1.47. The molecule has 0 aliphatic rings. The number of aliphatic hydroxyl groups is 1. The lowest BCUT2D eigenvalue weighted by atomic mass is 9.89. The number of rotatable bonds is 2. The Bertz CT molecular complexity index is 331. The molecule has 0 saturated heterocycles. The molecule has 1 heteroatoms. The van der Waals surface area contributed by atoms with E-state index in [-0.39, 0.29) is 0 Å².